The minimum Gasteiger partial charge on any atom is -0.435 e. The van der Waals surface area contributed by atoms with Crippen LogP contribution in [0.25, 0.3) is 16.9 Å². The van der Waals surface area contributed by atoms with Crippen molar-refractivity contribution in [1.82, 2.24) is 25.0 Å². The van der Waals surface area contributed by atoms with E-state index in [2.05, 4.69) is 30.7 Å². The van der Waals surface area contributed by atoms with Crippen molar-refractivity contribution in [2.45, 2.75) is 26.4 Å². The number of fused-ring (bicyclic) bond motifs is 1. The highest BCUT2D eigenvalue weighted by Gasteiger charge is 2.13. The molecular weight excluding hydrogens is 494 g/mol. The third-order valence-corrected chi connectivity index (χ3v) is 5.74. The van der Waals surface area contributed by atoms with Gasteiger partial charge in [0.25, 0.3) is 5.91 Å². The SMILES string of the molecule is Cc1cc(Nc2nccn3c(-c4ccc(OC(F)F)cc4)cnc23)ccc1C(=O)NCCCCNC(=N)N. The van der Waals surface area contributed by atoms with Crippen LogP contribution in [-0.2, 0) is 0 Å². The van der Waals surface area contributed by atoms with Crippen molar-refractivity contribution in [2.75, 3.05) is 18.4 Å². The number of carbonyl (C=O) groups is 1. The molecule has 2 heterocycles. The van der Waals surface area contributed by atoms with E-state index in [0.29, 0.717) is 30.1 Å². The second-order valence-electron chi connectivity index (χ2n) is 8.47. The number of anilines is 2. The first-order chi connectivity index (χ1) is 18.3. The van der Waals surface area contributed by atoms with Gasteiger partial charge in [-0.3, -0.25) is 14.6 Å². The van der Waals surface area contributed by atoms with Crippen molar-refractivity contribution in [3.05, 3.63) is 72.2 Å². The van der Waals surface area contributed by atoms with Gasteiger partial charge in [-0.05, 0) is 67.8 Å². The molecule has 10 nitrogen and oxygen atoms in total. The number of amides is 1. The molecule has 0 fully saturated rings. The molecule has 0 aliphatic heterocycles. The van der Waals surface area contributed by atoms with Gasteiger partial charge in [-0.2, -0.15) is 8.78 Å². The smallest absolute Gasteiger partial charge is 0.387 e. The average Bonchev–Trinajstić information content (AvgIpc) is 3.31. The molecule has 0 aliphatic rings. The summed E-state index contributed by atoms with van der Waals surface area (Å²) in [4.78, 5) is 21.5. The van der Waals surface area contributed by atoms with E-state index in [-0.39, 0.29) is 17.6 Å². The van der Waals surface area contributed by atoms with Gasteiger partial charge in [-0.15, -0.1) is 0 Å². The molecule has 0 spiro atoms. The highest BCUT2D eigenvalue weighted by atomic mass is 19.3. The summed E-state index contributed by atoms with van der Waals surface area (Å²) in [5, 5.41) is 16.0. The largest absolute Gasteiger partial charge is 0.435 e. The summed E-state index contributed by atoms with van der Waals surface area (Å²) < 4.78 is 31.1. The lowest BCUT2D eigenvalue weighted by atomic mass is 10.1. The quantitative estimate of drug-likeness (QED) is 0.114. The van der Waals surface area contributed by atoms with Crippen molar-refractivity contribution in [2.24, 2.45) is 5.73 Å². The number of halogens is 2. The first-order valence-corrected chi connectivity index (χ1v) is 11.9. The van der Waals surface area contributed by atoms with Crippen molar-refractivity contribution >= 4 is 29.0 Å². The molecule has 0 radical (unpaired) electrons. The van der Waals surface area contributed by atoms with Gasteiger partial charge in [0.1, 0.15) is 5.75 Å². The number of rotatable bonds is 11. The first-order valence-electron chi connectivity index (χ1n) is 11.9. The van der Waals surface area contributed by atoms with Crippen LogP contribution in [-0.4, -0.2) is 45.9 Å². The topological polar surface area (TPSA) is 142 Å². The monoisotopic (exact) mass is 522 g/mol. The number of nitrogens with zero attached hydrogens (tertiary/aromatic N) is 3. The Bertz CT molecular complexity index is 1420. The molecule has 198 valence electrons. The number of hydrogen-bond donors (Lipinski definition) is 5. The summed E-state index contributed by atoms with van der Waals surface area (Å²) in [6.45, 7) is 0.0930. The van der Waals surface area contributed by atoms with Gasteiger partial charge in [0.15, 0.2) is 17.4 Å². The van der Waals surface area contributed by atoms with Crippen LogP contribution in [0.15, 0.2) is 61.1 Å². The number of aryl methyl sites for hydroxylation is 1. The molecule has 1 amide bonds. The fourth-order valence-electron chi connectivity index (χ4n) is 3.93. The molecule has 0 aliphatic carbocycles. The number of carbonyl (C=O) groups excluding carboxylic acids is 1. The molecule has 38 heavy (non-hydrogen) atoms. The van der Waals surface area contributed by atoms with Crippen LogP contribution < -0.4 is 26.4 Å². The van der Waals surface area contributed by atoms with Crippen molar-refractivity contribution < 1.29 is 18.3 Å². The number of benzene rings is 2. The fraction of sp³-hybridized carbons (Fsp3) is 0.231. The van der Waals surface area contributed by atoms with Crippen molar-refractivity contribution in [3.8, 4) is 17.0 Å². The number of imidazole rings is 1. The standard InChI is InChI=1S/C26H28F2N8O2/c1-16-14-18(6-9-20(16)24(37)32-10-2-3-11-33-26(29)30)35-22-23-34-15-21(36(23)13-12-31-22)17-4-7-19(8-5-17)38-25(27)28/h4-9,12-15,25H,2-3,10-11H2,1H3,(H,31,35)(H,32,37)(H4,29,30,33). The third kappa shape index (κ3) is 6.52. The molecule has 0 atom stereocenters. The Labute approximate surface area is 217 Å². The normalized spacial score (nSPS) is 10.9. The number of ether oxygens (including phenoxy) is 1. The summed E-state index contributed by atoms with van der Waals surface area (Å²) in [6, 6.07) is 11.7. The zero-order chi connectivity index (χ0) is 27.1. The highest BCUT2D eigenvalue weighted by Crippen LogP contribution is 2.27. The van der Waals surface area contributed by atoms with E-state index in [4.69, 9.17) is 11.1 Å². The molecule has 0 saturated carbocycles. The molecule has 4 rings (SSSR count). The Morgan fingerprint density at radius 1 is 1.11 bits per heavy atom. The van der Waals surface area contributed by atoms with Crippen LogP contribution in [0, 0.1) is 12.3 Å². The molecule has 2 aromatic heterocycles. The van der Waals surface area contributed by atoms with Gasteiger partial charge < -0.3 is 26.4 Å². The van der Waals surface area contributed by atoms with Crippen LogP contribution in [0.3, 0.4) is 0 Å². The average molecular weight is 523 g/mol. The van der Waals surface area contributed by atoms with Gasteiger partial charge in [0.05, 0.1) is 11.9 Å². The van der Waals surface area contributed by atoms with Crippen LogP contribution >= 0.6 is 0 Å². The Hall–Kier alpha value is -4.74. The van der Waals surface area contributed by atoms with Crippen molar-refractivity contribution in [1.29, 1.82) is 5.41 Å². The van der Waals surface area contributed by atoms with Crippen LogP contribution in [0.5, 0.6) is 5.75 Å². The van der Waals surface area contributed by atoms with Crippen LogP contribution in [0.4, 0.5) is 20.3 Å². The lowest BCUT2D eigenvalue weighted by Gasteiger charge is -2.12. The fourth-order valence-corrected chi connectivity index (χ4v) is 3.93. The molecule has 12 heteroatoms. The second-order valence-corrected chi connectivity index (χ2v) is 8.47. The summed E-state index contributed by atoms with van der Waals surface area (Å²) in [5.41, 5.74) is 9.47. The van der Waals surface area contributed by atoms with Gasteiger partial charge in [-0.25, -0.2) is 9.97 Å². The predicted molar refractivity (Wildman–Crippen MR) is 141 cm³/mol. The number of alkyl halides is 2. The zero-order valence-corrected chi connectivity index (χ0v) is 20.7. The maximum atomic E-state index is 12.6. The zero-order valence-electron chi connectivity index (χ0n) is 20.7. The van der Waals surface area contributed by atoms with Crippen molar-refractivity contribution in [3.63, 3.8) is 0 Å². The Morgan fingerprint density at radius 2 is 1.84 bits per heavy atom. The molecule has 4 aromatic rings. The van der Waals surface area contributed by atoms with E-state index in [1.807, 2.05) is 17.4 Å². The highest BCUT2D eigenvalue weighted by molar-refractivity contribution is 5.96. The maximum absolute atomic E-state index is 12.6. The summed E-state index contributed by atoms with van der Waals surface area (Å²) in [6.07, 6.45) is 6.63. The molecule has 6 N–H and O–H groups in total. The number of hydrogen-bond acceptors (Lipinski definition) is 6. The second kappa shape index (κ2) is 12.0. The van der Waals surface area contributed by atoms with Gasteiger partial charge in [0, 0.05) is 42.3 Å². The molecule has 2 aromatic carbocycles. The third-order valence-electron chi connectivity index (χ3n) is 5.74. The Morgan fingerprint density at radius 3 is 2.53 bits per heavy atom. The van der Waals surface area contributed by atoms with Crippen LogP contribution in [0.1, 0.15) is 28.8 Å². The van der Waals surface area contributed by atoms with E-state index in [9.17, 15) is 13.6 Å². The molecule has 0 saturated heterocycles. The van der Waals surface area contributed by atoms with Gasteiger partial charge >= 0.3 is 6.61 Å². The van der Waals surface area contributed by atoms with Gasteiger partial charge in [0.2, 0.25) is 0 Å². The lowest BCUT2D eigenvalue weighted by Crippen LogP contribution is -2.31. The molecular formula is C26H28F2N8O2. The Balaban J connectivity index is 1.43. The lowest BCUT2D eigenvalue weighted by molar-refractivity contribution is -0.0498. The summed E-state index contributed by atoms with van der Waals surface area (Å²) in [7, 11) is 0. The van der Waals surface area contributed by atoms with E-state index in [1.165, 1.54) is 12.1 Å². The molecule has 0 unspecified atom stereocenters. The maximum Gasteiger partial charge on any atom is 0.387 e. The first kappa shape index (κ1) is 26.3. The Kier molecular flexibility index (Phi) is 8.31. The van der Waals surface area contributed by atoms with E-state index >= 15 is 0 Å². The van der Waals surface area contributed by atoms with Gasteiger partial charge in [-0.1, -0.05) is 0 Å². The number of nitrogens with two attached hydrogens (primary N) is 1. The number of unbranched alkanes of at least 4 members (excludes halogenated alkanes) is 1. The number of nitrogens with one attached hydrogen (secondary N) is 4. The summed E-state index contributed by atoms with van der Waals surface area (Å²) in [5.74, 6) is 0.382. The van der Waals surface area contributed by atoms with E-state index in [1.54, 1.807) is 42.9 Å². The van der Waals surface area contributed by atoms with E-state index in [0.717, 1.165) is 35.3 Å². The van der Waals surface area contributed by atoms with Crippen LogP contribution in [0.2, 0.25) is 0 Å². The number of guanidine groups is 1. The molecule has 0 bridgehead atoms. The minimum absolute atomic E-state index is 0.0622. The summed E-state index contributed by atoms with van der Waals surface area (Å²) >= 11 is 0. The van der Waals surface area contributed by atoms with E-state index < -0.39 is 6.61 Å². The predicted octanol–water partition coefficient (Wildman–Crippen LogP) is 4.04. The minimum atomic E-state index is -2.88. The number of aromatic nitrogens is 3.